The molecular weight excluding hydrogens is 207 g/mol. The topological polar surface area (TPSA) is 37.3 Å². The number of alkyl halides is 1. The van der Waals surface area contributed by atoms with Crippen LogP contribution in [0.5, 0.6) is 0 Å². The molecule has 2 nitrogen and oxygen atoms in total. The third-order valence-electron chi connectivity index (χ3n) is 3.22. The quantitative estimate of drug-likeness (QED) is 0.853. The van der Waals surface area contributed by atoms with Gasteiger partial charge in [-0.15, -0.1) is 0 Å². The second-order valence-electron chi connectivity index (χ2n) is 4.44. The number of hydrogen-bond donors (Lipinski definition) is 1. The van der Waals surface area contributed by atoms with Crippen molar-refractivity contribution in [3.63, 3.8) is 0 Å². The van der Waals surface area contributed by atoms with Crippen molar-refractivity contribution in [3.05, 3.63) is 35.4 Å². The fourth-order valence-corrected chi connectivity index (χ4v) is 2.32. The minimum atomic E-state index is -1.18. The number of carboxylic acids is 1. The number of aliphatic carboxylic acids is 1. The van der Waals surface area contributed by atoms with Crippen LogP contribution in [0.1, 0.15) is 36.8 Å². The van der Waals surface area contributed by atoms with E-state index in [0.29, 0.717) is 18.4 Å². The largest absolute Gasteiger partial charge is 0.481 e. The van der Waals surface area contributed by atoms with Gasteiger partial charge in [-0.2, -0.15) is 0 Å². The number of benzene rings is 1. The Morgan fingerprint density at radius 2 is 1.81 bits per heavy atom. The first-order chi connectivity index (χ1) is 7.60. The SMILES string of the molecule is O=C(O)Cc1ccc(C2(F)CCCC2)cc1. The van der Waals surface area contributed by atoms with E-state index in [1.807, 2.05) is 0 Å². The smallest absolute Gasteiger partial charge is 0.307 e. The van der Waals surface area contributed by atoms with Crippen LogP contribution >= 0.6 is 0 Å². The molecule has 1 N–H and O–H groups in total. The molecule has 0 aromatic heterocycles. The van der Waals surface area contributed by atoms with Crippen molar-refractivity contribution in [2.45, 2.75) is 37.8 Å². The summed E-state index contributed by atoms with van der Waals surface area (Å²) in [6.07, 6.45) is 3.05. The zero-order valence-electron chi connectivity index (χ0n) is 9.08. The second kappa shape index (κ2) is 4.24. The second-order valence-corrected chi connectivity index (χ2v) is 4.44. The summed E-state index contributed by atoms with van der Waals surface area (Å²) in [6, 6.07) is 6.87. The number of halogens is 1. The molecule has 3 heteroatoms. The first-order valence-corrected chi connectivity index (χ1v) is 5.60. The van der Waals surface area contributed by atoms with Crippen molar-refractivity contribution < 1.29 is 14.3 Å². The molecule has 1 aliphatic rings. The molecule has 0 saturated heterocycles. The monoisotopic (exact) mass is 222 g/mol. The highest BCUT2D eigenvalue weighted by Gasteiger charge is 2.35. The normalized spacial score (nSPS) is 18.6. The van der Waals surface area contributed by atoms with Gasteiger partial charge < -0.3 is 5.11 Å². The van der Waals surface area contributed by atoms with Crippen molar-refractivity contribution in [1.82, 2.24) is 0 Å². The summed E-state index contributed by atoms with van der Waals surface area (Å²) < 4.78 is 14.3. The molecule has 2 rings (SSSR count). The highest BCUT2D eigenvalue weighted by molar-refractivity contribution is 5.70. The van der Waals surface area contributed by atoms with E-state index in [4.69, 9.17) is 5.11 Å². The molecule has 16 heavy (non-hydrogen) atoms. The van der Waals surface area contributed by atoms with E-state index in [9.17, 15) is 9.18 Å². The van der Waals surface area contributed by atoms with E-state index >= 15 is 0 Å². The van der Waals surface area contributed by atoms with Crippen molar-refractivity contribution in [2.24, 2.45) is 0 Å². The lowest BCUT2D eigenvalue weighted by Crippen LogP contribution is -2.14. The average Bonchev–Trinajstić information content (AvgIpc) is 2.66. The zero-order chi connectivity index (χ0) is 11.6. The van der Waals surface area contributed by atoms with Crippen LogP contribution < -0.4 is 0 Å². The molecule has 86 valence electrons. The van der Waals surface area contributed by atoms with Crippen LogP contribution in [0.25, 0.3) is 0 Å². The molecule has 1 aromatic rings. The van der Waals surface area contributed by atoms with Crippen LogP contribution in [0.3, 0.4) is 0 Å². The van der Waals surface area contributed by atoms with E-state index < -0.39 is 11.6 Å². The number of carbonyl (C=O) groups is 1. The Kier molecular flexibility index (Phi) is 2.95. The van der Waals surface area contributed by atoms with E-state index in [2.05, 4.69) is 0 Å². The van der Waals surface area contributed by atoms with Crippen LogP contribution in [-0.4, -0.2) is 11.1 Å². The lowest BCUT2D eigenvalue weighted by Gasteiger charge is -2.19. The third kappa shape index (κ3) is 2.23. The molecule has 1 saturated carbocycles. The summed E-state index contributed by atoms with van der Waals surface area (Å²) in [6.45, 7) is 0. The fraction of sp³-hybridized carbons (Fsp3) is 0.462. The lowest BCUT2D eigenvalue weighted by molar-refractivity contribution is -0.136. The van der Waals surface area contributed by atoms with Gasteiger partial charge in [-0.1, -0.05) is 24.3 Å². The van der Waals surface area contributed by atoms with E-state index in [1.54, 1.807) is 24.3 Å². The van der Waals surface area contributed by atoms with Crippen molar-refractivity contribution in [1.29, 1.82) is 0 Å². The van der Waals surface area contributed by atoms with Gasteiger partial charge in [0.2, 0.25) is 0 Å². The predicted octanol–water partition coefficient (Wildman–Crippen LogP) is 3.05. The summed E-state index contributed by atoms with van der Waals surface area (Å²) in [4.78, 5) is 10.5. The molecule has 0 aliphatic heterocycles. The fourth-order valence-electron chi connectivity index (χ4n) is 2.32. The van der Waals surface area contributed by atoms with Crippen molar-refractivity contribution in [2.75, 3.05) is 0 Å². The van der Waals surface area contributed by atoms with Crippen molar-refractivity contribution in [3.8, 4) is 0 Å². The molecular formula is C13H15FO2. The Hall–Kier alpha value is -1.38. The number of hydrogen-bond acceptors (Lipinski definition) is 1. The minimum Gasteiger partial charge on any atom is -0.481 e. The summed E-state index contributed by atoms with van der Waals surface area (Å²) in [7, 11) is 0. The molecule has 0 atom stereocenters. The Morgan fingerprint density at radius 3 is 2.31 bits per heavy atom. The van der Waals surface area contributed by atoms with Gasteiger partial charge in [0.25, 0.3) is 0 Å². The van der Waals surface area contributed by atoms with E-state index in [1.165, 1.54) is 0 Å². The molecule has 0 bridgehead atoms. The maximum absolute atomic E-state index is 14.3. The van der Waals surface area contributed by atoms with Crippen LogP contribution in [0, 0.1) is 0 Å². The highest BCUT2D eigenvalue weighted by atomic mass is 19.1. The zero-order valence-corrected chi connectivity index (χ0v) is 9.08. The summed E-state index contributed by atoms with van der Waals surface area (Å²) in [5, 5.41) is 8.62. The molecule has 0 heterocycles. The molecule has 0 spiro atoms. The molecule has 1 aromatic carbocycles. The van der Waals surface area contributed by atoms with Gasteiger partial charge in [0, 0.05) is 0 Å². The lowest BCUT2D eigenvalue weighted by atomic mass is 9.93. The Labute approximate surface area is 94.1 Å². The molecule has 0 radical (unpaired) electrons. The number of rotatable bonds is 3. The Bertz CT molecular complexity index is 377. The van der Waals surface area contributed by atoms with Gasteiger partial charge in [0.05, 0.1) is 6.42 Å². The van der Waals surface area contributed by atoms with E-state index in [-0.39, 0.29) is 6.42 Å². The van der Waals surface area contributed by atoms with Gasteiger partial charge in [-0.25, -0.2) is 4.39 Å². The highest BCUT2D eigenvalue weighted by Crippen LogP contribution is 2.42. The molecule has 1 aliphatic carbocycles. The summed E-state index contributed by atoms with van der Waals surface area (Å²) in [5.74, 6) is -0.858. The van der Waals surface area contributed by atoms with Crippen molar-refractivity contribution >= 4 is 5.97 Å². The molecule has 0 amide bonds. The first kappa shape index (κ1) is 11.1. The maximum Gasteiger partial charge on any atom is 0.307 e. The van der Waals surface area contributed by atoms with Gasteiger partial charge in [-0.3, -0.25) is 4.79 Å². The van der Waals surface area contributed by atoms with Gasteiger partial charge in [-0.05, 0) is 36.8 Å². The Morgan fingerprint density at radius 1 is 1.25 bits per heavy atom. The Balaban J connectivity index is 2.15. The number of carboxylic acid groups (broad SMARTS) is 1. The summed E-state index contributed by atoms with van der Waals surface area (Å²) >= 11 is 0. The predicted molar refractivity (Wildman–Crippen MR) is 59.0 cm³/mol. The minimum absolute atomic E-state index is 0.000431. The van der Waals surface area contributed by atoms with Crippen LogP contribution in [0.2, 0.25) is 0 Å². The first-order valence-electron chi connectivity index (χ1n) is 5.60. The molecule has 0 unspecified atom stereocenters. The van der Waals surface area contributed by atoms with Crippen LogP contribution in [-0.2, 0) is 16.9 Å². The average molecular weight is 222 g/mol. The standard InChI is InChI=1S/C13H15FO2/c14-13(7-1-2-8-13)11-5-3-10(4-6-11)9-12(15)16/h3-6H,1-2,7-9H2,(H,15,16). The molecule has 1 fully saturated rings. The van der Waals surface area contributed by atoms with Crippen LogP contribution in [0.15, 0.2) is 24.3 Å². The van der Waals surface area contributed by atoms with E-state index in [0.717, 1.165) is 18.4 Å². The van der Waals surface area contributed by atoms with Crippen LogP contribution in [0.4, 0.5) is 4.39 Å². The third-order valence-corrected chi connectivity index (χ3v) is 3.22. The van der Waals surface area contributed by atoms with Gasteiger partial charge >= 0.3 is 5.97 Å². The van der Waals surface area contributed by atoms with Gasteiger partial charge in [0.1, 0.15) is 5.67 Å². The van der Waals surface area contributed by atoms with Gasteiger partial charge in [0.15, 0.2) is 0 Å². The maximum atomic E-state index is 14.3. The summed E-state index contributed by atoms with van der Waals surface area (Å²) in [5.41, 5.74) is 0.235.